The molecule has 2 rings (SSSR count). The Labute approximate surface area is 124 Å². The Hall–Kier alpha value is -1.10. The van der Waals surface area contributed by atoms with E-state index in [4.69, 9.17) is 11.6 Å². The minimum Gasteiger partial charge on any atom is -0.386 e. The SMILES string of the molecule is OC(CNc1ccc(Cl)cc1Br)c1ccccc1F. The summed E-state index contributed by atoms with van der Waals surface area (Å²) in [6.45, 7) is 0.209. The zero-order chi connectivity index (χ0) is 13.8. The number of aliphatic hydroxyl groups excluding tert-OH is 1. The smallest absolute Gasteiger partial charge is 0.129 e. The van der Waals surface area contributed by atoms with Crippen molar-refractivity contribution in [2.24, 2.45) is 0 Å². The van der Waals surface area contributed by atoms with E-state index < -0.39 is 11.9 Å². The minimum absolute atomic E-state index is 0.209. The summed E-state index contributed by atoms with van der Waals surface area (Å²) in [5, 5.41) is 13.6. The van der Waals surface area contributed by atoms with Crippen molar-refractivity contribution in [3.8, 4) is 0 Å². The van der Waals surface area contributed by atoms with E-state index in [1.807, 2.05) is 0 Å². The molecule has 19 heavy (non-hydrogen) atoms. The molecule has 0 saturated heterocycles. The van der Waals surface area contributed by atoms with Crippen LogP contribution in [-0.4, -0.2) is 11.7 Å². The summed E-state index contributed by atoms with van der Waals surface area (Å²) in [4.78, 5) is 0. The van der Waals surface area contributed by atoms with Crippen molar-refractivity contribution >= 4 is 33.2 Å². The molecule has 0 heterocycles. The van der Waals surface area contributed by atoms with Crippen molar-refractivity contribution in [1.29, 1.82) is 0 Å². The topological polar surface area (TPSA) is 32.3 Å². The van der Waals surface area contributed by atoms with Crippen LogP contribution in [0.3, 0.4) is 0 Å². The third-order valence-electron chi connectivity index (χ3n) is 2.68. The van der Waals surface area contributed by atoms with Gasteiger partial charge in [-0.25, -0.2) is 4.39 Å². The van der Waals surface area contributed by atoms with Crippen molar-refractivity contribution in [1.82, 2.24) is 0 Å². The number of rotatable bonds is 4. The maximum Gasteiger partial charge on any atom is 0.129 e. The van der Waals surface area contributed by atoms with E-state index in [2.05, 4.69) is 21.2 Å². The second kappa shape index (κ2) is 6.37. The summed E-state index contributed by atoms with van der Waals surface area (Å²) < 4.78 is 14.3. The number of halogens is 3. The van der Waals surface area contributed by atoms with Gasteiger partial charge in [-0.1, -0.05) is 29.8 Å². The molecule has 0 aliphatic carbocycles. The molecule has 0 aromatic heterocycles. The standard InChI is InChI=1S/C14H12BrClFNO/c15-11-7-9(16)5-6-13(11)18-8-14(19)10-3-1-2-4-12(10)17/h1-7,14,18-19H,8H2. The summed E-state index contributed by atoms with van der Waals surface area (Å²) in [5.41, 5.74) is 1.07. The fourth-order valence-corrected chi connectivity index (χ4v) is 2.52. The lowest BCUT2D eigenvalue weighted by Gasteiger charge is -2.14. The van der Waals surface area contributed by atoms with Crippen molar-refractivity contribution < 1.29 is 9.50 Å². The lowest BCUT2D eigenvalue weighted by Crippen LogP contribution is -2.13. The summed E-state index contributed by atoms with van der Waals surface area (Å²) in [7, 11) is 0. The molecule has 100 valence electrons. The third kappa shape index (κ3) is 3.69. The molecular weight excluding hydrogens is 333 g/mol. The molecule has 1 unspecified atom stereocenters. The van der Waals surface area contributed by atoms with Crippen LogP contribution >= 0.6 is 27.5 Å². The molecule has 5 heteroatoms. The van der Waals surface area contributed by atoms with Crippen molar-refractivity contribution in [2.45, 2.75) is 6.10 Å². The first-order valence-corrected chi connectivity index (χ1v) is 6.86. The fourth-order valence-electron chi connectivity index (χ4n) is 1.69. The highest BCUT2D eigenvalue weighted by Crippen LogP contribution is 2.26. The quantitative estimate of drug-likeness (QED) is 0.862. The Morgan fingerprint density at radius 3 is 2.68 bits per heavy atom. The van der Waals surface area contributed by atoms with E-state index in [1.165, 1.54) is 6.07 Å². The van der Waals surface area contributed by atoms with Gasteiger partial charge in [0, 0.05) is 27.3 Å². The molecule has 0 radical (unpaired) electrons. The molecular formula is C14H12BrClFNO. The first-order chi connectivity index (χ1) is 9.08. The fraction of sp³-hybridized carbons (Fsp3) is 0.143. The lowest BCUT2D eigenvalue weighted by molar-refractivity contribution is 0.186. The summed E-state index contributed by atoms with van der Waals surface area (Å²) in [6, 6.07) is 11.5. The predicted molar refractivity (Wildman–Crippen MR) is 79.0 cm³/mol. The van der Waals surface area contributed by atoms with Crippen molar-refractivity contribution in [3.63, 3.8) is 0 Å². The molecule has 2 aromatic carbocycles. The van der Waals surface area contributed by atoms with Crippen molar-refractivity contribution in [3.05, 3.63) is 63.3 Å². The first kappa shape index (κ1) is 14.3. The predicted octanol–water partition coefficient (Wildman–Crippen LogP) is 4.39. The van der Waals surface area contributed by atoms with Crippen LogP contribution in [0.15, 0.2) is 46.9 Å². The highest BCUT2D eigenvalue weighted by Gasteiger charge is 2.12. The van der Waals surface area contributed by atoms with Gasteiger partial charge >= 0.3 is 0 Å². The summed E-state index contributed by atoms with van der Waals surface area (Å²) in [6.07, 6.45) is -0.913. The second-order valence-electron chi connectivity index (χ2n) is 4.04. The monoisotopic (exact) mass is 343 g/mol. The zero-order valence-corrected chi connectivity index (χ0v) is 12.2. The first-order valence-electron chi connectivity index (χ1n) is 5.69. The van der Waals surface area contributed by atoms with Crippen LogP contribution in [-0.2, 0) is 0 Å². The van der Waals surface area contributed by atoms with Gasteiger partial charge in [-0.3, -0.25) is 0 Å². The average molecular weight is 345 g/mol. The number of hydrogen-bond donors (Lipinski definition) is 2. The summed E-state index contributed by atoms with van der Waals surface area (Å²) >= 11 is 9.20. The van der Waals surface area contributed by atoms with E-state index in [0.29, 0.717) is 5.02 Å². The van der Waals surface area contributed by atoms with Crippen LogP contribution in [0.1, 0.15) is 11.7 Å². The molecule has 0 saturated carbocycles. The molecule has 0 amide bonds. The highest BCUT2D eigenvalue weighted by atomic mass is 79.9. The van der Waals surface area contributed by atoms with Gasteiger partial charge in [-0.05, 0) is 40.2 Å². The molecule has 1 atom stereocenters. The number of nitrogens with one attached hydrogen (secondary N) is 1. The molecule has 0 spiro atoms. The summed E-state index contributed by atoms with van der Waals surface area (Å²) in [5.74, 6) is -0.410. The van der Waals surface area contributed by atoms with Gasteiger partial charge in [-0.15, -0.1) is 0 Å². The third-order valence-corrected chi connectivity index (χ3v) is 3.57. The van der Waals surface area contributed by atoms with Crippen molar-refractivity contribution in [2.75, 3.05) is 11.9 Å². The van der Waals surface area contributed by atoms with Gasteiger partial charge in [0.2, 0.25) is 0 Å². The van der Waals surface area contributed by atoms with Gasteiger partial charge in [0.15, 0.2) is 0 Å². The van der Waals surface area contributed by atoms with E-state index in [9.17, 15) is 9.50 Å². The van der Waals surface area contributed by atoms with Crippen LogP contribution in [0.5, 0.6) is 0 Å². The highest BCUT2D eigenvalue weighted by molar-refractivity contribution is 9.10. The Kier molecular flexibility index (Phi) is 4.80. The Morgan fingerprint density at radius 2 is 2.00 bits per heavy atom. The van der Waals surface area contributed by atoms with Crippen LogP contribution in [0, 0.1) is 5.82 Å². The Morgan fingerprint density at radius 1 is 1.26 bits per heavy atom. The van der Waals surface area contributed by atoms with Gasteiger partial charge in [0.05, 0.1) is 6.10 Å². The van der Waals surface area contributed by atoms with Crippen LogP contribution in [0.4, 0.5) is 10.1 Å². The van der Waals surface area contributed by atoms with Crippen LogP contribution in [0.2, 0.25) is 5.02 Å². The molecule has 0 aliphatic heterocycles. The van der Waals surface area contributed by atoms with Gasteiger partial charge in [0.1, 0.15) is 5.82 Å². The molecule has 2 N–H and O–H groups in total. The van der Waals surface area contributed by atoms with Gasteiger partial charge < -0.3 is 10.4 Å². The number of hydrogen-bond acceptors (Lipinski definition) is 2. The van der Waals surface area contributed by atoms with Gasteiger partial charge in [-0.2, -0.15) is 0 Å². The molecule has 2 aromatic rings. The molecule has 0 fully saturated rings. The maximum atomic E-state index is 13.5. The second-order valence-corrected chi connectivity index (χ2v) is 5.33. The Bertz CT molecular complexity index is 579. The molecule has 0 aliphatic rings. The number of anilines is 1. The molecule has 2 nitrogen and oxygen atoms in total. The number of aliphatic hydroxyl groups is 1. The number of benzene rings is 2. The van der Waals surface area contributed by atoms with E-state index in [-0.39, 0.29) is 12.1 Å². The Balaban J connectivity index is 2.04. The average Bonchev–Trinajstić information content (AvgIpc) is 2.38. The minimum atomic E-state index is -0.913. The van der Waals surface area contributed by atoms with E-state index in [0.717, 1.165) is 10.2 Å². The van der Waals surface area contributed by atoms with E-state index >= 15 is 0 Å². The maximum absolute atomic E-state index is 13.5. The largest absolute Gasteiger partial charge is 0.386 e. The van der Waals surface area contributed by atoms with E-state index in [1.54, 1.807) is 36.4 Å². The zero-order valence-electron chi connectivity index (χ0n) is 9.91. The van der Waals surface area contributed by atoms with Crippen LogP contribution in [0.25, 0.3) is 0 Å². The normalized spacial score (nSPS) is 12.2. The lowest BCUT2D eigenvalue weighted by atomic mass is 10.1. The van der Waals surface area contributed by atoms with Crippen LogP contribution < -0.4 is 5.32 Å². The van der Waals surface area contributed by atoms with Gasteiger partial charge in [0.25, 0.3) is 0 Å². The molecule has 0 bridgehead atoms.